The van der Waals surface area contributed by atoms with Crippen LogP contribution >= 0.6 is 0 Å². The van der Waals surface area contributed by atoms with Gasteiger partial charge in [-0.3, -0.25) is 4.90 Å². The van der Waals surface area contributed by atoms with Crippen molar-refractivity contribution in [3.8, 4) is 0 Å². The number of aliphatic hydroxyl groups is 1. The Balaban J connectivity index is 1.23. The van der Waals surface area contributed by atoms with E-state index in [0.29, 0.717) is 29.8 Å². The number of nitrogens with one attached hydrogen (secondary N) is 1. The van der Waals surface area contributed by atoms with Crippen LogP contribution < -0.4 is 5.32 Å². The second-order valence-corrected chi connectivity index (χ2v) is 12.5. The lowest BCUT2D eigenvalue weighted by molar-refractivity contribution is -0.206. The third-order valence-corrected chi connectivity index (χ3v) is 11.6. The van der Waals surface area contributed by atoms with Gasteiger partial charge in [0.05, 0.1) is 5.60 Å². The number of hydrogen-bond donors (Lipinski definition) is 2. The van der Waals surface area contributed by atoms with Gasteiger partial charge in [0.2, 0.25) is 0 Å². The number of rotatable bonds is 2. The molecule has 0 aromatic heterocycles. The summed E-state index contributed by atoms with van der Waals surface area (Å²) in [4.78, 5) is 14.5. The van der Waals surface area contributed by atoms with Gasteiger partial charge in [-0.2, -0.15) is 0 Å². The molecule has 6 aliphatic rings. The second kappa shape index (κ2) is 7.55. The molecule has 5 fully saturated rings. The zero-order chi connectivity index (χ0) is 22.1. The molecule has 5 nitrogen and oxygen atoms in total. The van der Waals surface area contributed by atoms with Crippen molar-refractivity contribution in [3.63, 3.8) is 0 Å². The summed E-state index contributed by atoms with van der Waals surface area (Å²) in [5.41, 5.74) is 0.822. The number of esters is 1. The van der Waals surface area contributed by atoms with Gasteiger partial charge in [0.15, 0.2) is 0 Å². The maximum Gasteiger partial charge on any atom is 0.331 e. The average Bonchev–Trinajstić information content (AvgIpc) is 3.34. The molecular weight excluding hydrogens is 400 g/mol. The Morgan fingerprint density at radius 1 is 1.03 bits per heavy atom. The zero-order valence-electron chi connectivity index (χ0n) is 20.1. The van der Waals surface area contributed by atoms with Crippen molar-refractivity contribution in [2.75, 3.05) is 32.8 Å². The highest BCUT2D eigenvalue weighted by Crippen LogP contribution is 2.70. The van der Waals surface area contributed by atoms with Gasteiger partial charge in [0.1, 0.15) is 6.61 Å². The number of cyclic esters (lactones) is 1. The summed E-state index contributed by atoms with van der Waals surface area (Å²) in [6, 6.07) is 0.770. The molecule has 2 heterocycles. The van der Waals surface area contributed by atoms with Gasteiger partial charge in [-0.25, -0.2) is 4.79 Å². The van der Waals surface area contributed by atoms with Crippen LogP contribution in [0.4, 0.5) is 0 Å². The van der Waals surface area contributed by atoms with Crippen LogP contribution in [0.3, 0.4) is 0 Å². The lowest BCUT2D eigenvalue weighted by Crippen LogP contribution is -2.63. The van der Waals surface area contributed by atoms with Crippen molar-refractivity contribution in [1.29, 1.82) is 0 Å². The summed E-state index contributed by atoms with van der Waals surface area (Å²) >= 11 is 0. The summed E-state index contributed by atoms with van der Waals surface area (Å²) in [5, 5.41) is 15.9. The number of nitrogens with zero attached hydrogens (tertiary/aromatic N) is 1. The van der Waals surface area contributed by atoms with E-state index >= 15 is 0 Å². The van der Waals surface area contributed by atoms with Crippen LogP contribution in [0.2, 0.25) is 0 Å². The number of piperazine rings is 1. The van der Waals surface area contributed by atoms with Crippen molar-refractivity contribution >= 4 is 5.97 Å². The molecular formula is C27H42N2O3. The third-order valence-electron chi connectivity index (χ3n) is 11.6. The van der Waals surface area contributed by atoms with E-state index in [1.54, 1.807) is 6.08 Å². The molecule has 1 saturated heterocycles. The van der Waals surface area contributed by atoms with Gasteiger partial charge in [-0.1, -0.05) is 13.8 Å². The van der Waals surface area contributed by atoms with Crippen LogP contribution in [0.15, 0.2) is 11.6 Å². The van der Waals surface area contributed by atoms with Crippen LogP contribution in [0.5, 0.6) is 0 Å². The molecule has 2 N–H and O–H groups in total. The van der Waals surface area contributed by atoms with Crippen molar-refractivity contribution in [1.82, 2.24) is 10.2 Å². The molecule has 0 amide bonds. The Hall–Kier alpha value is -0.910. The first kappa shape index (κ1) is 21.6. The second-order valence-electron chi connectivity index (χ2n) is 12.5. The number of carbonyl (C=O) groups excluding carboxylic acids is 1. The summed E-state index contributed by atoms with van der Waals surface area (Å²) in [5.74, 6) is 1.99. The van der Waals surface area contributed by atoms with E-state index in [1.807, 2.05) is 0 Å². The first-order valence-corrected chi connectivity index (χ1v) is 13.4. The minimum absolute atomic E-state index is 0.116. The van der Waals surface area contributed by atoms with E-state index in [9.17, 15) is 9.90 Å². The fourth-order valence-corrected chi connectivity index (χ4v) is 9.77. The SMILES string of the molecule is C[C@]12CC[C@H](N3CCNCC3)C[C@H]1CC[C@@H]1[C@@H]2CC[C@]2(C)[C@@H](C3=CC(=O)OC3)CC[C@]12O. The monoisotopic (exact) mass is 442 g/mol. The lowest BCUT2D eigenvalue weighted by atomic mass is 9.43. The smallest absolute Gasteiger partial charge is 0.331 e. The maximum absolute atomic E-state index is 12.4. The summed E-state index contributed by atoms with van der Waals surface area (Å²) in [6.45, 7) is 10.1. The number of fused-ring (bicyclic) bond motifs is 5. The highest BCUT2D eigenvalue weighted by Gasteiger charge is 2.67. The molecule has 2 aliphatic heterocycles. The van der Waals surface area contributed by atoms with Crippen LogP contribution in [0, 0.1) is 34.5 Å². The fourth-order valence-electron chi connectivity index (χ4n) is 9.77. The first-order valence-electron chi connectivity index (χ1n) is 13.4. The van der Waals surface area contributed by atoms with E-state index in [0.717, 1.165) is 49.9 Å². The van der Waals surface area contributed by atoms with E-state index in [4.69, 9.17) is 4.74 Å². The van der Waals surface area contributed by atoms with Gasteiger partial charge < -0.3 is 15.2 Å². The van der Waals surface area contributed by atoms with Crippen LogP contribution in [0.25, 0.3) is 0 Å². The summed E-state index contributed by atoms with van der Waals surface area (Å²) in [7, 11) is 0. The molecule has 8 atom stereocenters. The normalized spacial score (nSPS) is 51.4. The predicted octanol–water partition coefficient (Wildman–Crippen LogP) is 3.52. The first-order chi connectivity index (χ1) is 15.3. The Morgan fingerprint density at radius 3 is 2.59 bits per heavy atom. The fraction of sp³-hybridized carbons (Fsp3) is 0.889. The standard InChI is InChI=1S/C27H42N2O3/c1-25-8-5-20(29-13-11-28-12-14-29)16-19(25)3-4-23-22(25)6-9-26(2)21(7-10-27(23,26)31)18-15-24(30)32-17-18/h15,19-23,28,31H,3-14,16-17H2,1-2H3/t19-,20+,21-,22+,23-,25+,26-,27+/m1/s1. The van der Waals surface area contributed by atoms with E-state index in [-0.39, 0.29) is 11.4 Å². The predicted molar refractivity (Wildman–Crippen MR) is 124 cm³/mol. The molecule has 0 spiro atoms. The molecule has 0 bridgehead atoms. The maximum atomic E-state index is 12.4. The quantitative estimate of drug-likeness (QED) is 0.641. The minimum Gasteiger partial charge on any atom is -0.458 e. The molecule has 0 unspecified atom stereocenters. The van der Waals surface area contributed by atoms with Gasteiger partial charge in [-0.05, 0) is 92.4 Å². The van der Waals surface area contributed by atoms with Gasteiger partial charge in [-0.15, -0.1) is 0 Å². The Morgan fingerprint density at radius 2 is 1.84 bits per heavy atom. The van der Waals surface area contributed by atoms with Crippen LogP contribution in [-0.4, -0.2) is 60.4 Å². The third kappa shape index (κ3) is 2.96. The lowest BCUT2D eigenvalue weighted by Gasteiger charge is -2.64. The average molecular weight is 443 g/mol. The van der Waals surface area contributed by atoms with Gasteiger partial charge in [0, 0.05) is 43.7 Å². The Kier molecular flexibility index (Phi) is 5.10. The van der Waals surface area contributed by atoms with Gasteiger partial charge in [0.25, 0.3) is 0 Å². The van der Waals surface area contributed by atoms with Crippen molar-refractivity contribution in [2.45, 2.75) is 83.3 Å². The number of ether oxygens (including phenoxy) is 1. The molecule has 4 aliphatic carbocycles. The van der Waals surface area contributed by atoms with Crippen LogP contribution in [0.1, 0.15) is 71.6 Å². The number of carbonyl (C=O) groups is 1. The highest BCUT2D eigenvalue weighted by molar-refractivity contribution is 5.85. The van der Waals surface area contributed by atoms with E-state index in [2.05, 4.69) is 24.1 Å². The minimum atomic E-state index is -0.587. The molecule has 0 radical (unpaired) electrons. The zero-order valence-corrected chi connectivity index (χ0v) is 20.1. The molecule has 6 rings (SSSR count). The molecule has 5 heteroatoms. The molecule has 0 aromatic rings. The molecule has 178 valence electrons. The largest absolute Gasteiger partial charge is 0.458 e. The Labute approximate surface area is 193 Å². The number of hydrogen-bond acceptors (Lipinski definition) is 5. The van der Waals surface area contributed by atoms with Crippen molar-refractivity contribution in [3.05, 3.63) is 11.6 Å². The van der Waals surface area contributed by atoms with E-state index in [1.165, 1.54) is 51.6 Å². The van der Waals surface area contributed by atoms with Crippen molar-refractivity contribution in [2.24, 2.45) is 34.5 Å². The summed E-state index contributed by atoms with van der Waals surface area (Å²) < 4.78 is 5.27. The van der Waals surface area contributed by atoms with Crippen LogP contribution in [-0.2, 0) is 9.53 Å². The van der Waals surface area contributed by atoms with Crippen molar-refractivity contribution < 1.29 is 14.6 Å². The molecule has 4 saturated carbocycles. The highest BCUT2D eigenvalue weighted by atomic mass is 16.5. The summed E-state index contributed by atoms with van der Waals surface area (Å²) in [6.07, 6.45) is 12.5. The molecule has 0 aromatic carbocycles. The Bertz CT molecular complexity index is 807. The molecule has 32 heavy (non-hydrogen) atoms. The topological polar surface area (TPSA) is 61.8 Å². The van der Waals surface area contributed by atoms with E-state index < -0.39 is 5.60 Å². The van der Waals surface area contributed by atoms with Gasteiger partial charge >= 0.3 is 5.97 Å².